The van der Waals surface area contributed by atoms with Gasteiger partial charge >= 0.3 is 12.1 Å². The van der Waals surface area contributed by atoms with Crippen LogP contribution in [-0.2, 0) is 14.3 Å². The number of rotatable bonds is 1. The first-order chi connectivity index (χ1) is 7.81. The number of ether oxygens (including phenoxy) is 2. The Morgan fingerprint density at radius 2 is 2.06 bits per heavy atom. The van der Waals surface area contributed by atoms with E-state index in [1.54, 1.807) is 20.8 Å². The SMILES string of the molecule is CC(C)(C)OC(=O)N1CCCOC[C@@H]1C(=O)O. The van der Waals surface area contributed by atoms with Gasteiger partial charge in [-0.05, 0) is 27.2 Å². The fourth-order valence-corrected chi connectivity index (χ4v) is 1.52. The Hall–Kier alpha value is -1.30. The van der Waals surface area contributed by atoms with Crippen LogP contribution < -0.4 is 0 Å². The van der Waals surface area contributed by atoms with E-state index < -0.39 is 23.7 Å². The van der Waals surface area contributed by atoms with Crippen molar-refractivity contribution >= 4 is 12.1 Å². The molecule has 1 rings (SSSR count). The predicted molar refractivity (Wildman–Crippen MR) is 59.8 cm³/mol. The van der Waals surface area contributed by atoms with Crippen molar-refractivity contribution < 1.29 is 24.2 Å². The molecule has 1 heterocycles. The summed E-state index contributed by atoms with van der Waals surface area (Å²) >= 11 is 0. The zero-order valence-corrected chi connectivity index (χ0v) is 10.4. The minimum Gasteiger partial charge on any atom is -0.480 e. The summed E-state index contributed by atoms with van der Waals surface area (Å²) in [5.41, 5.74) is -0.632. The van der Waals surface area contributed by atoms with E-state index in [-0.39, 0.29) is 6.61 Å². The normalized spacial score (nSPS) is 21.8. The monoisotopic (exact) mass is 245 g/mol. The second-order valence-corrected chi connectivity index (χ2v) is 4.96. The standard InChI is InChI=1S/C11H19NO5/c1-11(2,3)17-10(15)12-5-4-6-16-7-8(12)9(13)14/h8H,4-7H2,1-3H3,(H,13,14)/t8-/m1/s1. The molecule has 0 aromatic rings. The first-order valence-electron chi connectivity index (χ1n) is 5.61. The lowest BCUT2D eigenvalue weighted by Gasteiger charge is -2.29. The van der Waals surface area contributed by atoms with Gasteiger partial charge in [0.2, 0.25) is 0 Å². The van der Waals surface area contributed by atoms with Crippen molar-refractivity contribution in [2.45, 2.75) is 38.8 Å². The summed E-state index contributed by atoms with van der Waals surface area (Å²) in [4.78, 5) is 24.1. The van der Waals surface area contributed by atoms with E-state index in [9.17, 15) is 9.59 Å². The summed E-state index contributed by atoms with van der Waals surface area (Å²) in [5, 5.41) is 9.05. The molecule has 0 unspecified atom stereocenters. The number of aliphatic carboxylic acids is 1. The molecule has 17 heavy (non-hydrogen) atoms. The number of carboxylic acids is 1. The van der Waals surface area contributed by atoms with Gasteiger partial charge in [0.25, 0.3) is 0 Å². The number of hydrogen-bond acceptors (Lipinski definition) is 4. The van der Waals surface area contributed by atoms with E-state index in [4.69, 9.17) is 14.6 Å². The molecule has 0 radical (unpaired) electrons. The number of carbonyl (C=O) groups excluding carboxylic acids is 1. The Labute approximate surface area is 100 Å². The van der Waals surface area contributed by atoms with Gasteiger partial charge in [0.15, 0.2) is 6.04 Å². The van der Waals surface area contributed by atoms with Gasteiger partial charge in [-0.1, -0.05) is 0 Å². The highest BCUT2D eigenvalue weighted by Crippen LogP contribution is 2.14. The molecule has 1 fully saturated rings. The van der Waals surface area contributed by atoms with Gasteiger partial charge in [-0.25, -0.2) is 9.59 Å². The van der Waals surface area contributed by atoms with Crippen molar-refractivity contribution in [2.75, 3.05) is 19.8 Å². The van der Waals surface area contributed by atoms with Crippen molar-refractivity contribution in [3.8, 4) is 0 Å². The fraction of sp³-hybridized carbons (Fsp3) is 0.818. The quantitative estimate of drug-likeness (QED) is 0.748. The Morgan fingerprint density at radius 1 is 1.41 bits per heavy atom. The average molecular weight is 245 g/mol. The van der Waals surface area contributed by atoms with Crippen LogP contribution in [0.3, 0.4) is 0 Å². The number of carbonyl (C=O) groups is 2. The number of nitrogens with zero attached hydrogens (tertiary/aromatic N) is 1. The molecule has 0 aliphatic carbocycles. The maximum atomic E-state index is 11.9. The minimum atomic E-state index is -1.07. The highest BCUT2D eigenvalue weighted by molar-refractivity contribution is 5.80. The molecule has 1 amide bonds. The van der Waals surface area contributed by atoms with E-state index in [1.165, 1.54) is 4.90 Å². The molecular weight excluding hydrogens is 226 g/mol. The summed E-state index contributed by atoms with van der Waals surface area (Å²) in [7, 11) is 0. The molecule has 1 atom stereocenters. The first-order valence-corrected chi connectivity index (χ1v) is 5.61. The lowest BCUT2D eigenvalue weighted by atomic mass is 10.2. The van der Waals surface area contributed by atoms with Crippen LogP contribution in [0.2, 0.25) is 0 Å². The summed E-state index contributed by atoms with van der Waals surface area (Å²) in [6, 6.07) is -0.965. The fourth-order valence-electron chi connectivity index (χ4n) is 1.52. The zero-order chi connectivity index (χ0) is 13.1. The molecule has 6 heteroatoms. The Morgan fingerprint density at radius 3 is 2.59 bits per heavy atom. The van der Waals surface area contributed by atoms with Crippen LogP contribution in [-0.4, -0.2) is 53.5 Å². The van der Waals surface area contributed by atoms with Crippen molar-refractivity contribution in [3.63, 3.8) is 0 Å². The molecule has 0 saturated carbocycles. The molecule has 0 aromatic heterocycles. The largest absolute Gasteiger partial charge is 0.480 e. The summed E-state index contributed by atoms with van der Waals surface area (Å²) in [6.07, 6.45) is 0.0126. The van der Waals surface area contributed by atoms with Gasteiger partial charge in [-0.15, -0.1) is 0 Å². The Balaban J connectivity index is 2.75. The maximum absolute atomic E-state index is 11.9. The maximum Gasteiger partial charge on any atom is 0.411 e. The lowest BCUT2D eigenvalue weighted by molar-refractivity contribution is -0.144. The summed E-state index contributed by atoms with van der Waals surface area (Å²) in [6.45, 7) is 6.04. The van der Waals surface area contributed by atoms with E-state index in [0.29, 0.717) is 19.6 Å². The first kappa shape index (κ1) is 13.8. The number of amides is 1. The molecule has 1 aliphatic rings. The number of carboxylic acid groups (broad SMARTS) is 1. The van der Waals surface area contributed by atoms with Crippen molar-refractivity contribution in [3.05, 3.63) is 0 Å². The highest BCUT2D eigenvalue weighted by Gasteiger charge is 2.34. The van der Waals surface area contributed by atoms with Crippen LogP contribution in [0.4, 0.5) is 4.79 Å². The second-order valence-electron chi connectivity index (χ2n) is 4.96. The van der Waals surface area contributed by atoms with Crippen LogP contribution in [0.15, 0.2) is 0 Å². The van der Waals surface area contributed by atoms with Crippen molar-refractivity contribution in [1.82, 2.24) is 4.90 Å². The third kappa shape index (κ3) is 4.22. The molecule has 1 saturated heterocycles. The molecule has 0 bridgehead atoms. The average Bonchev–Trinajstić information content (AvgIpc) is 2.39. The Kier molecular flexibility index (Phi) is 4.34. The number of hydrogen-bond donors (Lipinski definition) is 1. The summed E-state index contributed by atoms with van der Waals surface area (Å²) < 4.78 is 10.3. The van der Waals surface area contributed by atoms with Gasteiger partial charge in [-0.2, -0.15) is 0 Å². The van der Waals surface area contributed by atoms with Gasteiger partial charge in [0.1, 0.15) is 5.60 Å². The van der Waals surface area contributed by atoms with Gasteiger partial charge in [-0.3, -0.25) is 4.90 Å². The van der Waals surface area contributed by atoms with Crippen LogP contribution in [0.25, 0.3) is 0 Å². The second kappa shape index (κ2) is 5.35. The molecule has 98 valence electrons. The van der Waals surface area contributed by atoms with Crippen LogP contribution >= 0.6 is 0 Å². The van der Waals surface area contributed by atoms with Gasteiger partial charge < -0.3 is 14.6 Å². The van der Waals surface area contributed by atoms with Crippen molar-refractivity contribution in [2.24, 2.45) is 0 Å². The van der Waals surface area contributed by atoms with Crippen molar-refractivity contribution in [1.29, 1.82) is 0 Å². The molecule has 1 N–H and O–H groups in total. The zero-order valence-electron chi connectivity index (χ0n) is 10.4. The van der Waals surface area contributed by atoms with Gasteiger partial charge in [0, 0.05) is 13.2 Å². The minimum absolute atomic E-state index is 0.00851. The van der Waals surface area contributed by atoms with E-state index >= 15 is 0 Å². The molecule has 0 spiro atoms. The lowest BCUT2D eigenvalue weighted by Crippen LogP contribution is -2.48. The molecule has 1 aliphatic heterocycles. The van der Waals surface area contributed by atoms with Crippen LogP contribution in [0, 0.1) is 0 Å². The van der Waals surface area contributed by atoms with E-state index in [2.05, 4.69) is 0 Å². The summed E-state index contributed by atoms with van der Waals surface area (Å²) in [5.74, 6) is -1.07. The molecular formula is C11H19NO5. The topological polar surface area (TPSA) is 76.1 Å². The third-order valence-corrected chi connectivity index (χ3v) is 2.25. The third-order valence-electron chi connectivity index (χ3n) is 2.25. The van der Waals surface area contributed by atoms with Gasteiger partial charge in [0.05, 0.1) is 6.61 Å². The molecule has 6 nitrogen and oxygen atoms in total. The predicted octanol–water partition coefficient (Wildman–Crippen LogP) is 1.10. The molecule has 0 aromatic carbocycles. The van der Waals surface area contributed by atoms with E-state index in [1.807, 2.05) is 0 Å². The Bertz CT molecular complexity index is 297. The van der Waals surface area contributed by atoms with Crippen LogP contribution in [0.1, 0.15) is 27.2 Å². The van der Waals surface area contributed by atoms with Crippen LogP contribution in [0.5, 0.6) is 0 Å². The smallest absolute Gasteiger partial charge is 0.411 e. The highest BCUT2D eigenvalue weighted by atomic mass is 16.6. The van der Waals surface area contributed by atoms with E-state index in [0.717, 1.165) is 0 Å².